The van der Waals surface area contributed by atoms with Gasteiger partial charge in [-0.05, 0) is 30.5 Å². The molecule has 0 bridgehead atoms. The Kier molecular flexibility index (Phi) is 5.56. The van der Waals surface area contributed by atoms with Gasteiger partial charge in [0.1, 0.15) is 0 Å². The molecule has 0 saturated carbocycles. The number of azide groups is 1. The molecule has 6 heteroatoms. The molecule has 0 N–H and O–H groups in total. The van der Waals surface area contributed by atoms with Gasteiger partial charge in [0, 0.05) is 23.1 Å². The summed E-state index contributed by atoms with van der Waals surface area (Å²) in [5.74, 6) is 0.754. The van der Waals surface area contributed by atoms with E-state index in [4.69, 9.17) is 10.5 Å². The van der Waals surface area contributed by atoms with Gasteiger partial charge in [0.25, 0.3) is 0 Å². The van der Waals surface area contributed by atoms with Crippen LogP contribution in [0.1, 0.15) is 19.7 Å². The van der Waals surface area contributed by atoms with Crippen molar-refractivity contribution < 1.29 is 0 Å². The zero-order valence-electron chi connectivity index (χ0n) is 17.9. The number of aliphatic imine (C=N–C) groups is 1. The number of nitrogens with zero attached hydrogens (tertiary/aromatic N) is 6. The van der Waals surface area contributed by atoms with Gasteiger partial charge < -0.3 is 4.57 Å². The zero-order chi connectivity index (χ0) is 21.8. The predicted molar refractivity (Wildman–Crippen MR) is 127 cm³/mol. The molecule has 1 heterocycles. The Balaban J connectivity index is 1.92. The van der Waals surface area contributed by atoms with E-state index in [0.29, 0.717) is 0 Å². The molecule has 6 nitrogen and oxygen atoms in total. The first-order valence-corrected chi connectivity index (χ1v) is 10.2. The quantitative estimate of drug-likeness (QED) is 0.157. The van der Waals surface area contributed by atoms with Gasteiger partial charge in [-0.2, -0.15) is 0 Å². The second-order valence-corrected chi connectivity index (χ2v) is 8.08. The molecule has 0 radical (unpaired) electrons. The highest BCUT2D eigenvalue weighted by Gasteiger charge is 2.18. The molecule has 4 aromatic rings. The van der Waals surface area contributed by atoms with Gasteiger partial charge in [0.15, 0.2) is 5.82 Å². The summed E-state index contributed by atoms with van der Waals surface area (Å²) in [4.78, 5) is 12.5. The van der Waals surface area contributed by atoms with Crippen molar-refractivity contribution in [1.82, 2.24) is 9.55 Å². The third kappa shape index (κ3) is 4.20. The Bertz CT molecular complexity index is 1280. The number of benzene rings is 3. The second kappa shape index (κ2) is 8.46. The van der Waals surface area contributed by atoms with Crippen LogP contribution in [0.2, 0.25) is 0 Å². The van der Waals surface area contributed by atoms with Crippen LogP contribution in [0.25, 0.3) is 43.7 Å². The van der Waals surface area contributed by atoms with E-state index in [1.165, 1.54) is 0 Å². The highest BCUT2D eigenvalue weighted by atomic mass is 15.1. The van der Waals surface area contributed by atoms with E-state index in [9.17, 15) is 0 Å². The number of hydrogen-bond donors (Lipinski definition) is 0. The van der Waals surface area contributed by atoms with Gasteiger partial charge in [-0.3, -0.25) is 4.99 Å². The molecular formula is C25H24N6. The van der Waals surface area contributed by atoms with Crippen LogP contribution in [0.3, 0.4) is 0 Å². The first-order valence-electron chi connectivity index (χ1n) is 10.2. The molecule has 0 fully saturated rings. The summed E-state index contributed by atoms with van der Waals surface area (Å²) in [6.07, 6.45) is 1.77. The van der Waals surface area contributed by atoms with E-state index in [0.717, 1.165) is 39.1 Å². The Morgan fingerprint density at radius 1 is 0.935 bits per heavy atom. The van der Waals surface area contributed by atoms with Crippen molar-refractivity contribution >= 4 is 17.2 Å². The normalized spacial score (nSPS) is 11.7. The van der Waals surface area contributed by atoms with Gasteiger partial charge in [-0.1, -0.05) is 77.9 Å². The van der Waals surface area contributed by atoms with Crippen molar-refractivity contribution in [2.75, 3.05) is 6.54 Å². The highest BCUT2D eigenvalue weighted by Crippen LogP contribution is 2.35. The van der Waals surface area contributed by atoms with Gasteiger partial charge >= 0.3 is 0 Å². The minimum Gasteiger partial charge on any atom is -0.326 e. The predicted octanol–water partition coefficient (Wildman–Crippen LogP) is 6.42. The van der Waals surface area contributed by atoms with E-state index >= 15 is 0 Å². The Labute approximate surface area is 181 Å². The van der Waals surface area contributed by atoms with Gasteiger partial charge in [0.2, 0.25) is 0 Å². The van der Waals surface area contributed by atoms with Crippen LogP contribution in [0.5, 0.6) is 0 Å². The molecule has 0 aliphatic heterocycles. The molecule has 31 heavy (non-hydrogen) atoms. The molecule has 1 aromatic heterocycles. The standard InChI is InChI=1S/C25H24N6/c1-25(2,17-28-30-26)27-16-22-29-23-20(18-10-6-4-7-11-18)14-15-21(24(23)31(22)3)19-12-8-5-9-13-19/h4-16H,17H2,1-3H3/b27-16+. The minimum absolute atomic E-state index is 0.286. The second-order valence-electron chi connectivity index (χ2n) is 8.08. The van der Waals surface area contributed by atoms with Crippen LogP contribution in [0, 0.1) is 0 Å². The Hall–Kier alpha value is -3.89. The summed E-state index contributed by atoms with van der Waals surface area (Å²) in [7, 11) is 2.01. The van der Waals surface area contributed by atoms with Crippen molar-refractivity contribution in [3.8, 4) is 22.3 Å². The minimum atomic E-state index is -0.505. The maximum absolute atomic E-state index is 8.62. The molecule has 0 atom stereocenters. The molecule has 0 aliphatic carbocycles. The van der Waals surface area contributed by atoms with E-state index in [1.54, 1.807) is 6.21 Å². The fourth-order valence-electron chi connectivity index (χ4n) is 3.63. The number of aromatic nitrogens is 2. The average Bonchev–Trinajstić information content (AvgIpc) is 3.13. The summed E-state index contributed by atoms with van der Waals surface area (Å²) in [6.45, 7) is 4.16. The van der Waals surface area contributed by atoms with Gasteiger partial charge in [-0.25, -0.2) is 4.98 Å². The third-order valence-electron chi connectivity index (χ3n) is 5.28. The number of fused-ring (bicyclic) bond motifs is 1. The average molecular weight is 409 g/mol. The highest BCUT2D eigenvalue weighted by molar-refractivity contribution is 6.03. The van der Waals surface area contributed by atoms with Crippen LogP contribution < -0.4 is 0 Å². The smallest absolute Gasteiger partial charge is 0.151 e. The van der Waals surface area contributed by atoms with Gasteiger partial charge in [0.05, 0.1) is 29.3 Å². The van der Waals surface area contributed by atoms with Crippen molar-refractivity contribution in [2.24, 2.45) is 17.2 Å². The van der Waals surface area contributed by atoms with Crippen LogP contribution in [0.15, 0.2) is 82.9 Å². The summed E-state index contributed by atoms with van der Waals surface area (Å²) in [5.41, 5.74) is 14.6. The molecule has 0 amide bonds. The summed E-state index contributed by atoms with van der Waals surface area (Å²) in [6, 6.07) is 24.9. The third-order valence-corrected chi connectivity index (χ3v) is 5.28. The van der Waals surface area contributed by atoms with Crippen LogP contribution >= 0.6 is 0 Å². The number of rotatable bonds is 6. The molecule has 0 aliphatic rings. The largest absolute Gasteiger partial charge is 0.326 e. The molecule has 154 valence electrons. The molecular weight excluding hydrogens is 384 g/mol. The van der Waals surface area contributed by atoms with Crippen molar-refractivity contribution in [1.29, 1.82) is 0 Å². The Morgan fingerprint density at radius 3 is 2.13 bits per heavy atom. The number of aryl methyl sites for hydroxylation is 1. The van der Waals surface area contributed by atoms with Crippen LogP contribution in [-0.2, 0) is 7.05 Å². The van der Waals surface area contributed by atoms with Crippen molar-refractivity contribution in [3.05, 3.63) is 89.1 Å². The Morgan fingerprint density at radius 2 is 1.52 bits per heavy atom. The van der Waals surface area contributed by atoms with E-state index in [2.05, 4.69) is 56.0 Å². The molecule has 0 spiro atoms. The SMILES string of the molecule is Cn1c(/C=N/C(C)(C)CN=[N+]=[N-])nc2c(-c3ccccc3)ccc(-c3ccccc3)c21. The van der Waals surface area contributed by atoms with E-state index < -0.39 is 5.54 Å². The van der Waals surface area contributed by atoms with Crippen LogP contribution in [0.4, 0.5) is 0 Å². The lowest BCUT2D eigenvalue weighted by molar-refractivity contribution is 0.537. The molecule has 0 unspecified atom stereocenters. The summed E-state index contributed by atoms with van der Waals surface area (Å²) in [5, 5.41) is 3.67. The lowest BCUT2D eigenvalue weighted by atomic mass is 9.98. The van der Waals surface area contributed by atoms with E-state index in [-0.39, 0.29) is 6.54 Å². The maximum Gasteiger partial charge on any atom is 0.151 e. The molecule has 4 rings (SSSR count). The van der Waals surface area contributed by atoms with E-state index in [1.807, 2.05) is 57.3 Å². The fraction of sp³-hybridized carbons (Fsp3) is 0.200. The maximum atomic E-state index is 8.62. The number of hydrogen-bond acceptors (Lipinski definition) is 3. The summed E-state index contributed by atoms with van der Waals surface area (Å²) >= 11 is 0. The lowest BCUT2D eigenvalue weighted by Crippen LogP contribution is -2.21. The van der Waals surface area contributed by atoms with Gasteiger partial charge in [-0.15, -0.1) is 0 Å². The van der Waals surface area contributed by atoms with Crippen molar-refractivity contribution in [3.63, 3.8) is 0 Å². The van der Waals surface area contributed by atoms with Crippen molar-refractivity contribution in [2.45, 2.75) is 19.4 Å². The number of imidazole rings is 1. The monoisotopic (exact) mass is 408 g/mol. The molecule has 0 saturated heterocycles. The topological polar surface area (TPSA) is 78.9 Å². The van der Waals surface area contributed by atoms with Crippen LogP contribution in [-0.4, -0.2) is 27.8 Å². The fourth-order valence-corrected chi connectivity index (χ4v) is 3.63. The zero-order valence-corrected chi connectivity index (χ0v) is 17.9. The first-order chi connectivity index (χ1) is 15.0. The molecule has 3 aromatic carbocycles. The lowest BCUT2D eigenvalue weighted by Gasteiger charge is -2.15. The first kappa shape index (κ1) is 20.4. The summed E-state index contributed by atoms with van der Waals surface area (Å²) < 4.78 is 2.08.